The molecule has 0 spiro atoms. The number of rotatable bonds is 5. The molecule has 2 aliphatic rings. The summed E-state index contributed by atoms with van der Waals surface area (Å²) in [5.74, 6) is 1.93. The Balaban J connectivity index is 1.54. The molecule has 21 heavy (non-hydrogen) atoms. The van der Waals surface area contributed by atoms with E-state index < -0.39 is 0 Å². The van der Waals surface area contributed by atoms with Gasteiger partial charge in [-0.05, 0) is 51.4 Å². The largest absolute Gasteiger partial charge is 0.487 e. The van der Waals surface area contributed by atoms with Crippen LogP contribution in [0, 0.1) is 5.92 Å². The fourth-order valence-corrected chi connectivity index (χ4v) is 3.60. The molecule has 0 aromatic heterocycles. The number of ether oxygens (including phenoxy) is 1. The molecule has 1 aromatic carbocycles. The summed E-state index contributed by atoms with van der Waals surface area (Å²) in [4.78, 5) is 2.54. The lowest BCUT2D eigenvalue weighted by molar-refractivity contribution is 0.137. The molecule has 1 unspecified atom stereocenters. The van der Waals surface area contributed by atoms with Crippen LogP contribution in [0.2, 0.25) is 0 Å². The van der Waals surface area contributed by atoms with Crippen molar-refractivity contribution in [2.45, 2.75) is 45.8 Å². The first-order valence-electron chi connectivity index (χ1n) is 8.30. The van der Waals surface area contributed by atoms with E-state index in [0.29, 0.717) is 0 Å². The Kier molecular flexibility index (Phi) is 4.23. The van der Waals surface area contributed by atoms with E-state index >= 15 is 0 Å². The highest BCUT2D eigenvalue weighted by molar-refractivity contribution is 5.45. The lowest BCUT2D eigenvalue weighted by Gasteiger charge is -2.19. The highest BCUT2D eigenvalue weighted by Crippen LogP contribution is 2.37. The van der Waals surface area contributed by atoms with E-state index in [1.165, 1.54) is 37.2 Å². The number of nitrogens with one attached hydrogen (secondary N) is 1. The topological polar surface area (TPSA) is 24.5 Å². The molecule has 1 aromatic rings. The van der Waals surface area contributed by atoms with E-state index in [1.54, 1.807) is 0 Å². The summed E-state index contributed by atoms with van der Waals surface area (Å²) in [5, 5.41) is 3.64. The number of benzene rings is 1. The Morgan fingerprint density at radius 2 is 2.24 bits per heavy atom. The summed E-state index contributed by atoms with van der Waals surface area (Å²) < 4.78 is 6.13. The summed E-state index contributed by atoms with van der Waals surface area (Å²) in [6, 6.07) is 6.55. The highest BCUT2D eigenvalue weighted by atomic mass is 16.5. The van der Waals surface area contributed by atoms with Crippen LogP contribution in [0.4, 0.5) is 0 Å². The zero-order chi connectivity index (χ0) is 14.9. The molecule has 0 saturated carbocycles. The fourth-order valence-electron chi connectivity index (χ4n) is 3.60. The maximum Gasteiger partial charge on any atom is 0.127 e. The number of hydrogen-bond donors (Lipinski definition) is 1. The number of likely N-dealkylation sites (tertiary alicyclic amines) is 1. The second-order valence-corrected chi connectivity index (χ2v) is 7.12. The van der Waals surface area contributed by atoms with Crippen LogP contribution in [0.5, 0.6) is 5.75 Å². The summed E-state index contributed by atoms with van der Waals surface area (Å²) >= 11 is 0. The van der Waals surface area contributed by atoms with Gasteiger partial charge in [0.2, 0.25) is 0 Å². The molecule has 3 nitrogen and oxygen atoms in total. The summed E-state index contributed by atoms with van der Waals surface area (Å²) in [6.07, 6.45) is 2.35. The SMILES string of the molecule is CCN1CCC(CNCc2cccc3c2OC(C)(C)C3)C1. The van der Waals surface area contributed by atoms with Crippen molar-refractivity contribution in [3.63, 3.8) is 0 Å². The fraction of sp³-hybridized carbons (Fsp3) is 0.667. The lowest BCUT2D eigenvalue weighted by Crippen LogP contribution is -2.27. The first-order chi connectivity index (χ1) is 10.1. The zero-order valence-electron chi connectivity index (χ0n) is 13.6. The van der Waals surface area contributed by atoms with E-state index in [1.807, 2.05) is 0 Å². The summed E-state index contributed by atoms with van der Waals surface area (Å²) in [5.41, 5.74) is 2.62. The molecule has 1 saturated heterocycles. The van der Waals surface area contributed by atoms with Gasteiger partial charge in [-0.1, -0.05) is 25.1 Å². The molecule has 116 valence electrons. The van der Waals surface area contributed by atoms with Crippen LogP contribution in [0.25, 0.3) is 0 Å². The first kappa shape index (κ1) is 14.9. The van der Waals surface area contributed by atoms with Gasteiger partial charge in [0.15, 0.2) is 0 Å². The zero-order valence-corrected chi connectivity index (χ0v) is 13.6. The molecular weight excluding hydrogens is 260 g/mol. The van der Waals surface area contributed by atoms with Crippen LogP contribution in [-0.4, -0.2) is 36.7 Å². The monoisotopic (exact) mass is 288 g/mol. The molecule has 0 amide bonds. The molecule has 0 bridgehead atoms. The van der Waals surface area contributed by atoms with Crippen molar-refractivity contribution >= 4 is 0 Å². The predicted octanol–water partition coefficient (Wildman–Crippen LogP) is 2.83. The second-order valence-electron chi connectivity index (χ2n) is 7.12. The number of fused-ring (bicyclic) bond motifs is 1. The van der Waals surface area contributed by atoms with Crippen molar-refractivity contribution in [2.24, 2.45) is 5.92 Å². The van der Waals surface area contributed by atoms with Crippen LogP contribution in [0.1, 0.15) is 38.3 Å². The molecule has 1 fully saturated rings. The number of hydrogen-bond acceptors (Lipinski definition) is 3. The van der Waals surface area contributed by atoms with Gasteiger partial charge >= 0.3 is 0 Å². The van der Waals surface area contributed by atoms with E-state index in [-0.39, 0.29) is 5.60 Å². The first-order valence-corrected chi connectivity index (χ1v) is 8.30. The summed E-state index contributed by atoms with van der Waals surface area (Å²) in [6.45, 7) is 12.3. The maximum absolute atomic E-state index is 6.13. The third kappa shape index (κ3) is 3.41. The van der Waals surface area contributed by atoms with Crippen molar-refractivity contribution in [1.29, 1.82) is 0 Å². The normalized spacial score (nSPS) is 24.0. The van der Waals surface area contributed by atoms with E-state index in [0.717, 1.165) is 31.2 Å². The minimum Gasteiger partial charge on any atom is -0.487 e. The minimum absolute atomic E-state index is 0.0501. The predicted molar refractivity (Wildman–Crippen MR) is 86.8 cm³/mol. The van der Waals surface area contributed by atoms with Crippen LogP contribution >= 0.6 is 0 Å². The van der Waals surface area contributed by atoms with Gasteiger partial charge in [0.05, 0.1) is 0 Å². The van der Waals surface area contributed by atoms with E-state index in [2.05, 4.69) is 49.2 Å². The smallest absolute Gasteiger partial charge is 0.127 e. The molecular formula is C18H28N2O. The number of nitrogens with zero attached hydrogens (tertiary/aromatic N) is 1. The van der Waals surface area contributed by atoms with E-state index in [9.17, 15) is 0 Å². The van der Waals surface area contributed by atoms with E-state index in [4.69, 9.17) is 4.74 Å². The quantitative estimate of drug-likeness (QED) is 0.901. The molecule has 1 N–H and O–H groups in total. The molecule has 1 atom stereocenters. The Morgan fingerprint density at radius 3 is 3.00 bits per heavy atom. The van der Waals surface area contributed by atoms with Gasteiger partial charge in [-0.3, -0.25) is 0 Å². The molecule has 2 aliphatic heterocycles. The van der Waals surface area contributed by atoms with Crippen molar-refractivity contribution in [3.8, 4) is 5.75 Å². The van der Waals surface area contributed by atoms with Gasteiger partial charge in [-0.2, -0.15) is 0 Å². The Bertz CT molecular complexity index is 498. The molecule has 0 aliphatic carbocycles. The molecule has 3 heteroatoms. The van der Waals surface area contributed by atoms with Crippen molar-refractivity contribution in [2.75, 3.05) is 26.2 Å². The molecule has 2 heterocycles. The molecule has 3 rings (SSSR count). The van der Waals surface area contributed by atoms with Gasteiger partial charge in [-0.15, -0.1) is 0 Å². The second kappa shape index (κ2) is 5.98. The Hall–Kier alpha value is -1.06. The Labute approximate surface area is 128 Å². The average molecular weight is 288 g/mol. The van der Waals surface area contributed by atoms with Gasteiger partial charge in [0, 0.05) is 25.1 Å². The number of para-hydroxylation sites is 1. The highest BCUT2D eigenvalue weighted by Gasteiger charge is 2.31. The van der Waals surface area contributed by atoms with Crippen LogP contribution in [0.15, 0.2) is 18.2 Å². The van der Waals surface area contributed by atoms with Gasteiger partial charge < -0.3 is 15.0 Å². The van der Waals surface area contributed by atoms with Crippen LogP contribution < -0.4 is 10.1 Å². The van der Waals surface area contributed by atoms with Crippen LogP contribution in [0.3, 0.4) is 0 Å². The van der Waals surface area contributed by atoms with Crippen molar-refractivity contribution in [1.82, 2.24) is 10.2 Å². The van der Waals surface area contributed by atoms with Crippen LogP contribution in [-0.2, 0) is 13.0 Å². The van der Waals surface area contributed by atoms with Crippen molar-refractivity contribution in [3.05, 3.63) is 29.3 Å². The van der Waals surface area contributed by atoms with Crippen molar-refractivity contribution < 1.29 is 4.74 Å². The summed E-state index contributed by atoms with van der Waals surface area (Å²) in [7, 11) is 0. The van der Waals surface area contributed by atoms with Gasteiger partial charge in [-0.25, -0.2) is 0 Å². The van der Waals surface area contributed by atoms with Gasteiger partial charge in [0.1, 0.15) is 11.4 Å². The van der Waals surface area contributed by atoms with Gasteiger partial charge in [0.25, 0.3) is 0 Å². The lowest BCUT2D eigenvalue weighted by atomic mass is 10.0. The standard InChI is InChI=1S/C18H28N2O/c1-4-20-9-8-14(13-20)11-19-12-16-7-5-6-15-10-18(2,3)21-17(15)16/h5-7,14,19H,4,8-13H2,1-3H3. The third-order valence-electron chi connectivity index (χ3n) is 4.74. The maximum atomic E-state index is 6.13. The average Bonchev–Trinajstić information content (AvgIpc) is 3.01. The Morgan fingerprint density at radius 1 is 1.38 bits per heavy atom. The molecule has 0 radical (unpaired) electrons. The minimum atomic E-state index is -0.0501. The third-order valence-corrected chi connectivity index (χ3v) is 4.74.